The average molecular weight is 216 g/mol. The van der Waals surface area contributed by atoms with Crippen molar-refractivity contribution in [3.05, 3.63) is 23.4 Å². The Labute approximate surface area is 87.3 Å². The molecule has 1 aromatic rings. The third-order valence-electron chi connectivity index (χ3n) is 2.15. The molecule has 0 saturated heterocycles. The predicted molar refractivity (Wildman–Crippen MR) is 53.3 cm³/mol. The van der Waals surface area contributed by atoms with Crippen molar-refractivity contribution in [3.8, 4) is 5.88 Å². The summed E-state index contributed by atoms with van der Waals surface area (Å²) in [5.41, 5.74) is 6.42. The maximum Gasteiger partial charge on any atom is 0.246 e. The Morgan fingerprint density at radius 2 is 2.13 bits per heavy atom. The van der Waals surface area contributed by atoms with Crippen molar-refractivity contribution in [3.63, 3.8) is 0 Å². The molecule has 0 bridgehead atoms. The van der Waals surface area contributed by atoms with E-state index in [9.17, 15) is 8.78 Å². The molecule has 0 fully saturated rings. The number of rotatable bonds is 4. The van der Waals surface area contributed by atoms with Gasteiger partial charge in [-0.2, -0.15) is 0 Å². The van der Waals surface area contributed by atoms with Crippen molar-refractivity contribution in [2.75, 3.05) is 13.7 Å². The molecule has 0 spiro atoms. The molecule has 1 atom stereocenters. The van der Waals surface area contributed by atoms with Crippen LogP contribution in [0.25, 0.3) is 0 Å². The first-order valence-electron chi connectivity index (χ1n) is 4.59. The molecule has 3 nitrogen and oxygen atoms in total. The summed E-state index contributed by atoms with van der Waals surface area (Å²) in [5.74, 6) is -0.621. The van der Waals surface area contributed by atoms with Crippen LogP contribution in [0.2, 0.25) is 0 Å². The van der Waals surface area contributed by atoms with E-state index in [2.05, 4.69) is 4.98 Å². The topological polar surface area (TPSA) is 48.1 Å². The van der Waals surface area contributed by atoms with Crippen LogP contribution in [0.3, 0.4) is 0 Å². The van der Waals surface area contributed by atoms with Crippen LogP contribution in [0.15, 0.2) is 12.1 Å². The molecule has 0 aliphatic carbocycles. The first-order valence-corrected chi connectivity index (χ1v) is 4.59. The normalized spacial score (nSPS) is 12.9. The van der Waals surface area contributed by atoms with Gasteiger partial charge >= 0.3 is 0 Å². The van der Waals surface area contributed by atoms with Crippen LogP contribution in [-0.4, -0.2) is 25.1 Å². The summed E-state index contributed by atoms with van der Waals surface area (Å²) in [6.45, 7) is 1.63. The molecule has 0 saturated carbocycles. The summed E-state index contributed by atoms with van der Waals surface area (Å²) in [5, 5.41) is 0. The quantitative estimate of drug-likeness (QED) is 0.833. The maximum absolute atomic E-state index is 12.6. The van der Waals surface area contributed by atoms with Crippen molar-refractivity contribution in [1.82, 2.24) is 4.98 Å². The molecule has 0 aliphatic rings. The fraction of sp³-hybridized carbons (Fsp3) is 0.500. The van der Waals surface area contributed by atoms with E-state index in [1.165, 1.54) is 13.2 Å². The van der Waals surface area contributed by atoms with Crippen molar-refractivity contribution in [1.29, 1.82) is 0 Å². The maximum atomic E-state index is 12.6. The highest BCUT2D eigenvalue weighted by Crippen LogP contribution is 2.25. The first-order chi connectivity index (χ1) is 7.08. The number of aromatic nitrogens is 1. The minimum Gasteiger partial charge on any atom is -0.481 e. The highest BCUT2D eigenvalue weighted by molar-refractivity contribution is 5.28. The number of halogens is 2. The van der Waals surface area contributed by atoms with Crippen molar-refractivity contribution < 1.29 is 13.5 Å². The van der Waals surface area contributed by atoms with Gasteiger partial charge in [-0.25, -0.2) is 13.8 Å². The molecule has 0 aliphatic heterocycles. The molecule has 0 aromatic carbocycles. The number of aryl methyl sites for hydroxylation is 1. The summed E-state index contributed by atoms with van der Waals surface area (Å²) in [6, 6.07) is 3.10. The Morgan fingerprint density at radius 1 is 1.47 bits per heavy atom. The molecule has 1 unspecified atom stereocenters. The van der Waals surface area contributed by atoms with Gasteiger partial charge < -0.3 is 10.5 Å². The lowest BCUT2D eigenvalue weighted by molar-refractivity contribution is 0.117. The SMILES string of the molecule is COc1cc(C(CN)C(F)F)cc(C)n1. The van der Waals surface area contributed by atoms with E-state index in [1.807, 2.05) is 0 Å². The number of hydrogen-bond donors (Lipinski definition) is 1. The summed E-state index contributed by atoms with van der Waals surface area (Å²) >= 11 is 0. The first kappa shape index (κ1) is 11.8. The van der Waals surface area contributed by atoms with Gasteiger partial charge in [-0.15, -0.1) is 0 Å². The molecular formula is C10H14F2N2O. The van der Waals surface area contributed by atoms with Crippen molar-refractivity contribution in [2.45, 2.75) is 19.3 Å². The summed E-state index contributed by atoms with van der Waals surface area (Å²) in [4.78, 5) is 4.02. The Kier molecular flexibility index (Phi) is 3.96. The lowest BCUT2D eigenvalue weighted by Gasteiger charge is -2.15. The van der Waals surface area contributed by atoms with Gasteiger partial charge in [0, 0.05) is 18.3 Å². The molecule has 0 amide bonds. The lowest BCUT2D eigenvalue weighted by atomic mass is 10.00. The van der Waals surface area contributed by atoms with E-state index in [4.69, 9.17) is 10.5 Å². The standard InChI is InChI=1S/C10H14F2N2O/c1-6-3-7(4-9(14-6)15-2)8(5-13)10(11)12/h3-4,8,10H,5,13H2,1-2H3. The second kappa shape index (κ2) is 5.02. The van der Waals surface area contributed by atoms with E-state index in [0.29, 0.717) is 17.1 Å². The van der Waals surface area contributed by atoms with Crippen LogP contribution in [0.4, 0.5) is 8.78 Å². The molecule has 1 heterocycles. The molecule has 1 aromatic heterocycles. The Balaban J connectivity index is 3.06. The van der Waals surface area contributed by atoms with Gasteiger partial charge in [0.1, 0.15) is 0 Å². The summed E-state index contributed by atoms with van der Waals surface area (Å²) < 4.78 is 30.1. The van der Waals surface area contributed by atoms with Crippen molar-refractivity contribution >= 4 is 0 Å². The van der Waals surface area contributed by atoms with Gasteiger partial charge in [0.25, 0.3) is 0 Å². The van der Waals surface area contributed by atoms with Crippen LogP contribution in [0, 0.1) is 6.92 Å². The number of ether oxygens (including phenoxy) is 1. The highest BCUT2D eigenvalue weighted by Gasteiger charge is 2.21. The van der Waals surface area contributed by atoms with Gasteiger partial charge in [0.15, 0.2) is 0 Å². The van der Waals surface area contributed by atoms with Gasteiger partial charge in [-0.05, 0) is 18.6 Å². The monoisotopic (exact) mass is 216 g/mol. The lowest BCUT2D eigenvalue weighted by Crippen LogP contribution is -2.20. The van der Waals surface area contributed by atoms with Crippen LogP contribution in [0.5, 0.6) is 5.88 Å². The second-order valence-corrected chi connectivity index (χ2v) is 3.26. The van der Waals surface area contributed by atoms with E-state index in [1.54, 1.807) is 13.0 Å². The third kappa shape index (κ3) is 2.86. The number of pyridine rings is 1. The fourth-order valence-corrected chi connectivity index (χ4v) is 1.37. The molecular weight excluding hydrogens is 202 g/mol. The minimum absolute atomic E-state index is 0.0930. The molecule has 2 N–H and O–H groups in total. The average Bonchev–Trinajstić information content (AvgIpc) is 2.17. The summed E-state index contributed by atoms with van der Waals surface area (Å²) in [7, 11) is 1.45. The summed E-state index contributed by atoms with van der Waals surface area (Å²) in [6.07, 6.45) is -2.47. The van der Waals surface area contributed by atoms with Gasteiger partial charge in [-0.1, -0.05) is 0 Å². The Hall–Kier alpha value is -1.23. The number of nitrogens with two attached hydrogens (primary N) is 1. The largest absolute Gasteiger partial charge is 0.481 e. The zero-order valence-electron chi connectivity index (χ0n) is 8.71. The zero-order valence-corrected chi connectivity index (χ0v) is 8.71. The minimum atomic E-state index is -2.47. The molecule has 5 heteroatoms. The van der Waals surface area contributed by atoms with E-state index in [0.717, 1.165) is 0 Å². The van der Waals surface area contributed by atoms with Gasteiger partial charge in [0.2, 0.25) is 12.3 Å². The van der Waals surface area contributed by atoms with Crippen LogP contribution in [0.1, 0.15) is 17.2 Å². The number of alkyl halides is 2. The van der Waals surface area contributed by atoms with E-state index in [-0.39, 0.29) is 6.54 Å². The predicted octanol–water partition coefficient (Wildman–Crippen LogP) is 1.71. The van der Waals surface area contributed by atoms with E-state index >= 15 is 0 Å². The number of hydrogen-bond acceptors (Lipinski definition) is 3. The smallest absolute Gasteiger partial charge is 0.246 e. The number of nitrogens with zero attached hydrogens (tertiary/aromatic N) is 1. The van der Waals surface area contributed by atoms with Gasteiger partial charge in [-0.3, -0.25) is 0 Å². The third-order valence-corrected chi connectivity index (χ3v) is 2.15. The van der Waals surface area contributed by atoms with Crippen LogP contribution < -0.4 is 10.5 Å². The highest BCUT2D eigenvalue weighted by atomic mass is 19.3. The van der Waals surface area contributed by atoms with E-state index < -0.39 is 12.3 Å². The Bertz CT molecular complexity index is 331. The van der Waals surface area contributed by atoms with Crippen LogP contribution >= 0.6 is 0 Å². The molecule has 84 valence electrons. The zero-order chi connectivity index (χ0) is 11.4. The Morgan fingerprint density at radius 3 is 2.60 bits per heavy atom. The molecule has 15 heavy (non-hydrogen) atoms. The number of methoxy groups -OCH3 is 1. The van der Waals surface area contributed by atoms with Crippen molar-refractivity contribution in [2.24, 2.45) is 5.73 Å². The fourth-order valence-electron chi connectivity index (χ4n) is 1.37. The van der Waals surface area contributed by atoms with Crippen LogP contribution in [-0.2, 0) is 0 Å². The second-order valence-electron chi connectivity index (χ2n) is 3.26. The van der Waals surface area contributed by atoms with Gasteiger partial charge in [0.05, 0.1) is 13.0 Å². The molecule has 0 radical (unpaired) electrons. The molecule has 1 rings (SSSR count).